The molecule has 0 amide bonds. The molecular formula is H5CaF2Na. The number of hydrogen-bond acceptors (Lipinski definition) is 0. The van der Waals surface area contributed by atoms with Crippen molar-refractivity contribution in [3.05, 3.63) is 0 Å². The molecule has 0 aliphatic carbocycles. The van der Waals surface area contributed by atoms with Crippen molar-refractivity contribution in [3.8, 4) is 0 Å². The molecule has 0 spiro atoms. The van der Waals surface area contributed by atoms with Gasteiger partial charge in [-0.3, -0.25) is 9.41 Å². The van der Waals surface area contributed by atoms with Crippen LogP contribution in [-0.4, -0.2) is 67.3 Å². The second-order valence-electron chi connectivity index (χ2n) is 0. The van der Waals surface area contributed by atoms with Gasteiger partial charge in [-0.05, 0) is 0 Å². The fraction of sp³-hybridized carbons (Fsp3) is 0. The van der Waals surface area contributed by atoms with Gasteiger partial charge in [0.1, 0.15) is 0 Å². The molecule has 0 aliphatic rings. The summed E-state index contributed by atoms with van der Waals surface area (Å²) in [6.45, 7) is 0. The van der Waals surface area contributed by atoms with Crippen LogP contribution in [0.4, 0.5) is 9.41 Å². The van der Waals surface area contributed by atoms with Crippen LogP contribution in [0.5, 0.6) is 0 Å². The summed E-state index contributed by atoms with van der Waals surface area (Å²) in [5, 5.41) is 0. The maximum absolute atomic E-state index is 0. The SMILES string of the molecule is F.F.[CaH2].[NaH]. The molecule has 0 fully saturated rings. The van der Waals surface area contributed by atoms with Crippen molar-refractivity contribution in [1.29, 1.82) is 0 Å². The van der Waals surface area contributed by atoms with Crippen LogP contribution in [0.2, 0.25) is 0 Å². The number of hydrogen-bond donors (Lipinski definition) is 0. The van der Waals surface area contributed by atoms with E-state index in [9.17, 15) is 0 Å². The summed E-state index contributed by atoms with van der Waals surface area (Å²) in [6, 6.07) is 0. The molecule has 0 saturated carbocycles. The molecule has 0 atom stereocenters. The van der Waals surface area contributed by atoms with Gasteiger partial charge >= 0.3 is 67.3 Å². The van der Waals surface area contributed by atoms with E-state index in [0.717, 1.165) is 0 Å². The summed E-state index contributed by atoms with van der Waals surface area (Å²) < 4.78 is 0. The van der Waals surface area contributed by atoms with Gasteiger partial charge in [-0.1, -0.05) is 0 Å². The maximum atomic E-state index is 0. The van der Waals surface area contributed by atoms with E-state index in [2.05, 4.69) is 0 Å². The van der Waals surface area contributed by atoms with E-state index in [4.69, 9.17) is 0 Å². The summed E-state index contributed by atoms with van der Waals surface area (Å²) in [4.78, 5) is 0. The van der Waals surface area contributed by atoms with E-state index in [1.807, 2.05) is 0 Å². The minimum absolute atomic E-state index is 0. The molecule has 0 N–H and O–H groups in total. The van der Waals surface area contributed by atoms with Crippen LogP contribution in [0.15, 0.2) is 0 Å². The van der Waals surface area contributed by atoms with E-state index in [1.54, 1.807) is 0 Å². The van der Waals surface area contributed by atoms with Gasteiger partial charge in [0.05, 0.1) is 0 Å². The zero-order valence-electron chi connectivity index (χ0n) is 0.816. The zero-order chi connectivity index (χ0) is 0. The van der Waals surface area contributed by atoms with Crippen LogP contribution in [0.3, 0.4) is 0 Å². The molecule has 0 aromatic carbocycles. The first-order valence-corrected chi connectivity index (χ1v) is 0. The first-order valence-electron chi connectivity index (χ1n) is 0. The quantitative estimate of drug-likeness (QED) is 0.338. The van der Waals surface area contributed by atoms with Crippen LogP contribution in [0, 0.1) is 0 Å². The van der Waals surface area contributed by atoms with Gasteiger partial charge in [0.25, 0.3) is 0 Å². The Balaban J connectivity index is 0. The fourth-order valence-electron chi connectivity index (χ4n) is 0. The monoisotopic (exact) mass is 106 g/mol. The average Bonchev–Trinajstić information content (AvgIpc) is 0. The second kappa shape index (κ2) is 19.3. The third-order valence-electron chi connectivity index (χ3n) is 0. The van der Waals surface area contributed by atoms with E-state index in [1.165, 1.54) is 0 Å². The van der Waals surface area contributed by atoms with Gasteiger partial charge in [0, 0.05) is 0 Å². The van der Waals surface area contributed by atoms with Crippen molar-refractivity contribution in [1.82, 2.24) is 0 Å². The van der Waals surface area contributed by atoms with E-state index in [0.29, 0.717) is 0 Å². The normalized spacial score (nSPS) is 0. The standard InChI is InChI=1S/Ca.2FH.Na.3H/h;2*1H;;;;. The topological polar surface area (TPSA) is 0 Å². The van der Waals surface area contributed by atoms with Crippen molar-refractivity contribution in [2.75, 3.05) is 0 Å². The van der Waals surface area contributed by atoms with Gasteiger partial charge in [0.15, 0.2) is 0 Å². The molecular weight excluding hydrogens is 101 g/mol. The summed E-state index contributed by atoms with van der Waals surface area (Å²) in [6.07, 6.45) is 0. The van der Waals surface area contributed by atoms with Crippen molar-refractivity contribution < 1.29 is 9.41 Å². The Morgan fingerprint density at radius 1 is 0.750 bits per heavy atom. The Kier molecular flexibility index (Phi) is 173. The minimum atomic E-state index is 0. The second-order valence-corrected chi connectivity index (χ2v) is 0. The predicted octanol–water partition coefficient (Wildman–Crippen LogP) is -1.26. The molecule has 0 saturated heterocycles. The van der Waals surface area contributed by atoms with Crippen LogP contribution < -0.4 is 0 Å². The van der Waals surface area contributed by atoms with E-state index < -0.39 is 0 Å². The molecule has 0 aromatic rings. The summed E-state index contributed by atoms with van der Waals surface area (Å²) in [7, 11) is 0. The van der Waals surface area contributed by atoms with Crippen molar-refractivity contribution in [3.63, 3.8) is 0 Å². The van der Waals surface area contributed by atoms with Crippen LogP contribution in [-0.2, 0) is 0 Å². The Hall–Kier alpha value is 2.12. The third-order valence-corrected chi connectivity index (χ3v) is 0. The summed E-state index contributed by atoms with van der Waals surface area (Å²) in [5.74, 6) is 0. The molecule has 22 valence electrons. The van der Waals surface area contributed by atoms with Crippen LogP contribution in [0.25, 0.3) is 0 Å². The molecule has 0 unspecified atom stereocenters. The van der Waals surface area contributed by atoms with Crippen molar-refractivity contribution >= 4 is 67.3 Å². The molecule has 0 radical (unpaired) electrons. The van der Waals surface area contributed by atoms with Gasteiger partial charge in [-0.15, -0.1) is 0 Å². The van der Waals surface area contributed by atoms with Crippen molar-refractivity contribution in [2.45, 2.75) is 0 Å². The number of rotatable bonds is 0. The van der Waals surface area contributed by atoms with Gasteiger partial charge in [-0.25, -0.2) is 0 Å². The summed E-state index contributed by atoms with van der Waals surface area (Å²) in [5.41, 5.74) is 0. The Morgan fingerprint density at radius 2 is 0.750 bits per heavy atom. The fourth-order valence-corrected chi connectivity index (χ4v) is 0. The van der Waals surface area contributed by atoms with Gasteiger partial charge in [0.2, 0.25) is 0 Å². The number of halogens is 2. The molecule has 4 heavy (non-hydrogen) atoms. The molecule has 0 bridgehead atoms. The van der Waals surface area contributed by atoms with E-state index in [-0.39, 0.29) is 76.7 Å². The predicted molar refractivity (Wildman–Crippen MR) is 20.7 cm³/mol. The first-order chi connectivity index (χ1) is 0. The van der Waals surface area contributed by atoms with E-state index >= 15 is 0 Å². The van der Waals surface area contributed by atoms with Gasteiger partial charge < -0.3 is 0 Å². The Bertz CT molecular complexity index is 6.00. The molecule has 0 nitrogen and oxygen atoms in total. The van der Waals surface area contributed by atoms with Crippen LogP contribution >= 0.6 is 0 Å². The Labute approximate surface area is 75.4 Å². The Morgan fingerprint density at radius 3 is 0.750 bits per heavy atom. The van der Waals surface area contributed by atoms with Crippen LogP contribution in [0.1, 0.15) is 0 Å². The average molecular weight is 106 g/mol. The molecule has 0 aromatic heterocycles. The summed E-state index contributed by atoms with van der Waals surface area (Å²) >= 11 is 0. The van der Waals surface area contributed by atoms with Gasteiger partial charge in [-0.2, -0.15) is 0 Å². The molecule has 0 heterocycles. The third kappa shape index (κ3) is 8.92. The molecule has 0 rings (SSSR count). The zero-order valence-corrected chi connectivity index (χ0v) is 0.816. The van der Waals surface area contributed by atoms with Crippen molar-refractivity contribution in [2.24, 2.45) is 0 Å². The molecule has 4 heteroatoms. The molecule has 0 aliphatic heterocycles. The first kappa shape index (κ1) is 35.7.